The van der Waals surface area contributed by atoms with Gasteiger partial charge in [0, 0.05) is 42.9 Å². The van der Waals surface area contributed by atoms with Gasteiger partial charge in [-0.2, -0.15) is 5.26 Å². The SMILES string of the molecule is COC(=O)c1ccc(CN2CCN(c3ccc(C#N)c(Br)c3)CC2)cc1F. The van der Waals surface area contributed by atoms with Gasteiger partial charge in [0.1, 0.15) is 11.9 Å². The first-order valence-corrected chi connectivity index (χ1v) is 9.35. The van der Waals surface area contributed by atoms with E-state index in [0.717, 1.165) is 41.9 Å². The molecule has 0 aromatic heterocycles. The van der Waals surface area contributed by atoms with Crippen molar-refractivity contribution in [2.24, 2.45) is 0 Å². The van der Waals surface area contributed by atoms with Crippen molar-refractivity contribution >= 4 is 27.6 Å². The van der Waals surface area contributed by atoms with Crippen molar-refractivity contribution in [1.29, 1.82) is 5.26 Å². The molecule has 140 valence electrons. The van der Waals surface area contributed by atoms with E-state index in [1.54, 1.807) is 6.07 Å². The van der Waals surface area contributed by atoms with E-state index in [2.05, 4.69) is 36.5 Å². The normalized spacial score (nSPS) is 14.7. The van der Waals surface area contributed by atoms with Crippen LogP contribution >= 0.6 is 15.9 Å². The lowest BCUT2D eigenvalue weighted by Gasteiger charge is -2.36. The summed E-state index contributed by atoms with van der Waals surface area (Å²) in [5.74, 6) is -1.22. The topological polar surface area (TPSA) is 56.6 Å². The summed E-state index contributed by atoms with van der Waals surface area (Å²) >= 11 is 3.43. The molecule has 7 heteroatoms. The molecule has 27 heavy (non-hydrogen) atoms. The van der Waals surface area contributed by atoms with Crippen LogP contribution in [0, 0.1) is 17.1 Å². The summed E-state index contributed by atoms with van der Waals surface area (Å²) in [6.07, 6.45) is 0. The molecule has 0 atom stereocenters. The number of carbonyl (C=O) groups excluding carboxylic acids is 1. The second kappa shape index (κ2) is 8.51. The van der Waals surface area contributed by atoms with Crippen LogP contribution in [0.1, 0.15) is 21.5 Å². The standard InChI is InChI=1S/C20H19BrFN3O2/c1-27-20(26)17-5-2-14(10-19(17)22)13-24-6-8-25(9-7-24)16-4-3-15(12-23)18(21)11-16/h2-5,10-11H,6-9,13H2,1H3. The number of nitriles is 1. The molecule has 0 radical (unpaired) electrons. The van der Waals surface area contributed by atoms with Crippen molar-refractivity contribution in [3.63, 3.8) is 0 Å². The van der Waals surface area contributed by atoms with Crippen molar-refractivity contribution in [3.8, 4) is 6.07 Å². The first kappa shape index (κ1) is 19.3. The summed E-state index contributed by atoms with van der Waals surface area (Å²) in [7, 11) is 1.24. The van der Waals surface area contributed by atoms with Gasteiger partial charge in [-0.3, -0.25) is 4.90 Å². The molecule has 0 spiro atoms. The third-order valence-corrected chi connectivity index (χ3v) is 5.31. The van der Waals surface area contributed by atoms with Gasteiger partial charge in [0.05, 0.1) is 18.2 Å². The Bertz CT molecular complexity index is 889. The summed E-state index contributed by atoms with van der Waals surface area (Å²) in [6, 6.07) is 12.5. The number of carbonyl (C=O) groups is 1. The van der Waals surface area contributed by atoms with Crippen LogP contribution in [0.4, 0.5) is 10.1 Å². The fourth-order valence-electron chi connectivity index (χ4n) is 3.15. The van der Waals surface area contributed by atoms with Crippen molar-refractivity contribution in [1.82, 2.24) is 4.90 Å². The summed E-state index contributed by atoms with van der Waals surface area (Å²) in [5, 5.41) is 9.02. The molecule has 1 aliphatic rings. The molecule has 1 aliphatic heterocycles. The number of benzene rings is 2. The molecule has 3 rings (SSSR count). The molecule has 2 aromatic rings. The molecule has 0 saturated carbocycles. The Morgan fingerprint density at radius 2 is 1.96 bits per heavy atom. The Labute approximate surface area is 166 Å². The van der Waals surface area contributed by atoms with Gasteiger partial charge in [0.25, 0.3) is 0 Å². The van der Waals surface area contributed by atoms with Gasteiger partial charge in [-0.15, -0.1) is 0 Å². The second-order valence-corrected chi connectivity index (χ2v) is 7.20. The van der Waals surface area contributed by atoms with Crippen molar-refractivity contribution in [3.05, 3.63) is 63.4 Å². The highest BCUT2D eigenvalue weighted by Crippen LogP contribution is 2.25. The molecule has 0 bridgehead atoms. The van der Waals surface area contributed by atoms with Gasteiger partial charge in [-0.25, -0.2) is 9.18 Å². The monoisotopic (exact) mass is 431 g/mol. The molecule has 1 saturated heterocycles. The molecular formula is C20H19BrFN3O2. The van der Waals surface area contributed by atoms with Gasteiger partial charge in [-0.1, -0.05) is 6.07 Å². The minimum absolute atomic E-state index is 0.0440. The van der Waals surface area contributed by atoms with E-state index >= 15 is 0 Å². The maximum atomic E-state index is 14.1. The van der Waals surface area contributed by atoms with Gasteiger partial charge in [-0.05, 0) is 51.8 Å². The number of methoxy groups -OCH3 is 1. The Kier molecular flexibility index (Phi) is 6.09. The first-order valence-electron chi connectivity index (χ1n) is 8.55. The number of hydrogen-bond acceptors (Lipinski definition) is 5. The van der Waals surface area contributed by atoms with E-state index in [0.29, 0.717) is 12.1 Å². The first-order chi connectivity index (χ1) is 13.0. The van der Waals surface area contributed by atoms with Crippen LogP contribution in [0.25, 0.3) is 0 Å². The molecule has 0 N–H and O–H groups in total. The maximum Gasteiger partial charge on any atom is 0.340 e. The van der Waals surface area contributed by atoms with Crippen molar-refractivity contribution in [2.75, 3.05) is 38.2 Å². The summed E-state index contributed by atoms with van der Waals surface area (Å²) < 4.78 is 19.4. The van der Waals surface area contributed by atoms with Crippen molar-refractivity contribution in [2.45, 2.75) is 6.54 Å². The predicted octanol–water partition coefficient (Wildman–Crippen LogP) is 3.57. The highest BCUT2D eigenvalue weighted by molar-refractivity contribution is 9.10. The lowest BCUT2D eigenvalue weighted by Crippen LogP contribution is -2.46. The fourth-order valence-corrected chi connectivity index (χ4v) is 3.60. The Morgan fingerprint density at radius 1 is 1.22 bits per heavy atom. The van der Waals surface area contributed by atoms with Crippen LogP contribution in [0.3, 0.4) is 0 Å². The average molecular weight is 432 g/mol. The molecule has 0 aliphatic carbocycles. The van der Waals surface area contributed by atoms with E-state index in [4.69, 9.17) is 5.26 Å². The molecule has 1 heterocycles. The van der Waals surface area contributed by atoms with Crippen LogP contribution in [0.5, 0.6) is 0 Å². The van der Waals surface area contributed by atoms with Crippen LogP contribution in [0.15, 0.2) is 40.9 Å². The minimum atomic E-state index is -0.666. The fraction of sp³-hybridized carbons (Fsp3) is 0.300. The van der Waals surface area contributed by atoms with E-state index in [9.17, 15) is 9.18 Å². The number of anilines is 1. The van der Waals surface area contributed by atoms with Gasteiger partial charge >= 0.3 is 5.97 Å². The molecule has 5 nitrogen and oxygen atoms in total. The summed E-state index contributed by atoms with van der Waals surface area (Å²) in [5.41, 5.74) is 2.48. The highest BCUT2D eigenvalue weighted by atomic mass is 79.9. The Morgan fingerprint density at radius 3 is 2.56 bits per heavy atom. The van der Waals surface area contributed by atoms with Gasteiger partial charge < -0.3 is 9.64 Å². The molecule has 0 amide bonds. The van der Waals surface area contributed by atoms with Crippen LogP contribution in [-0.2, 0) is 11.3 Å². The minimum Gasteiger partial charge on any atom is -0.465 e. The largest absolute Gasteiger partial charge is 0.465 e. The number of esters is 1. The van der Waals surface area contributed by atoms with Crippen molar-refractivity contribution < 1.29 is 13.9 Å². The highest BCUT2D eigenvalue weighted by Gasteiger charge is 2.19. The average Bonchev–Trinajstić information content (AvgIpc) is 2.68. The Hall–Kier alpha value is -2.43. The zero-order valence-corrected chi connectivity index (χ0v) is 16.5. The zero-order valence-electron chi connectivity index (χ0n) is 14.9. The lowest BCUT2D eigenvalue weighted by atomic mass is 10.1. The number of hydrogen-bond donors (Lipinski definition) is 0. The number of ether oxygens (including phenoxy) is 1. The third-order valence-electron chi connectivity index (χ3n) is 4.66. The molecule has 1 fully saturated rings. The number of nitrogens with zero attached hydrogens (tertiary/aromatic N) is 3. The van der Waals surface area contributed by atoms with E-state index in [1.165, 1.54) is 19.2 Å². The smallest absolute Gasteiger partial charge is 0.340 e. The lowest BCUT2D eigenvalue weighted by molar-refractivity contribution is 0.0595. The van der Waals surface area contributed by atoms with Crippen LogP contribution in [0.2, 0.25) is 0 Å². The second-order valence-electron chi connectivity index (χ2n) is 6.34. The molecule has 2 aromatic carbocycles. The quantitative estimate of drug-likeness (QED) is 0.692. The van der Waals surface area contributed by atoms with Crippen LogP contribution in [-0.4, -0.2) is 44.2 Å². The number of rotatable bonds is 4. The van der Waals surface area contributed by atoms with Crippen LogP contribution < -0.4 is 4.90 Å². The zero-order chi connectivity index (χ0) is 19.4. The van der Waals surface area contributed by atoms with E-state index in [-0.39, 0.29) is 5.56 Å². The van der Waals surface area contributed by atoms with E-state index < -0.39 is 11.8 Å². The summed E-state index contributed by atoms with van der Waals surface area (Å²) in [6.45, 7) is 4.02. The predicted molar refractivity (Wildman–Crippen MR) is 104 cm³/mol. The molecule has 0 unspecified atom stereocenters. The van der Waals surface area contributed by atoms with E-state index in [1.807, 2.05) is 18.2 Å². The third kappa shape index (κ3) is 4.46. The number of piperazine rings is 1. The Balaban J connectivity index is 1.60. The number of halogens is 2. The molecular weight excluding hydrogens is 413 g/mol. The summed E-state index contributed by atoms with van der Waals surface area (Å²) in [4.78, 5) is 16.0. The van der Waals surface area contributed by atoms with Gasteiger partial charge in [0.2, 0.25) is 0 Å². The van der Waals surface area contributed by atoms with Gasteiger partial charge in [0.15, 0.2) is 0 Å². The maximum absolute atomic E-state index is 14.1.